The van der Waals surface area contributed by atoms with Crippen LogP contribution in [0.5, 0.6) is 23.0 Å². The van der Waals surface area contributed by atoms with Crippen LogP contribution in [0.1, 0.15) is 115 Å². The molecule has 34 heteroatoms. The molecule has 0 spiro atoms. The van der Waals surface area contributed by atoms with E-state index in [4.69, 9.17) is 37.0 Å². The molecule has 0 radical (unpaired) electrons. The summed E-state index contributed by atoms with van der Waals surface area (Å²) >= 11 is 7.80. The number of thiophene rings is 2. The Labute approximate surface area is 777 Å². The number of aryl methyl sites for hydroxylation is 2. The predicted molar refractivity (Wildman–Crippen MR) is 514 cm³/mol. The second-order valence-electron chi connectivity index (χ2n) is 30.2. The first-order valence-electron chi connectivity index (χ1n) is 41.9. The number of aliphatic carboxylic acids is 2. The molecule has 13 aromatic rings. The number of benzene rings is 7. The standard InChI is InChI=1S/C30H28FN5O3S.C18H15FN4OS.C13H17NO3.2C12H15NO3.C9H13N.C4H5ClO3/c1-4-35-17-24(33-18-35)27-15-23-30(40-27)26(12-13-32-23)39-25-11-10-20(14-22(25)31)34-28(37)16-29(38)36(19(2)3)21-8-6-5-7-9-21;1-2-23-9-14(22-10-23)17-8-13-18(25-17)16(5-6-21-13)24-15-4-3-11(20)7-12(15)19;1-10(2)14(11-7-5-4-6-8-11)12(15)9-13(16)17-3;2*1-9(2)13(11(14)8-12(15)16)10-6-4-3-5-7-10;1-8(2)10-9-6-4-3-5-7-9;1-8-4(7)2-3(5)6/h5-15,17-19H,4,16H2,1-3H3,(H,34,37);3-10H,2,20H2,1H3;4-8,10H,9H2,1-3H3;2*3-7,9H,8H2,1-2H3,(H,15,16);3-8,10H,1-2H3;2H2,1H3. The van der Waals surface area contributed by atoms with Crippen molar-refractivity contribution >= 4 is 153 Å². The molecule has 5 amide bonds. The number of carboxylic acids is 2. The molecule has 0 fully saturated rings. The molecular formula is C98H108ClF2N13O16S2. The van der Waals surface area contributed by atoms with Gasteiger partial charge in [-0.1, -0.05) is 91.0 Å². The van der Waals surface area contributed by atoms with Crippen LogP contribution in [0.2, 0.25) is 0 Å². The van der Waals surface area contributed by atoms with Gasteiger partial charge in [0.05, 0.1) is 68.4 Å². The minimum Gasteiger partial charge on any atom is -0.481 e. The van der Waals surface area contributed by atoms with E-state index < -0.39 is 71.3 Å². The summed E-state index contributed by atoms with van der Waals surface area (Å²) in [6.45, 7) is 25.0. The Bertz CT molecular complexity index is 5870. The van der Waals surface area contributed by atoms with Crippen LogP contribution in [0.15, 0.2) is 250 Å². The number of ether oxygens (including phenoxy) is 4. The second kappa shape index (κ2) is 52.8. The van der Waals surface area contributed by atoms with Gasteiger partial charge in [0.2, 0.25) is 34.8 Å². The number of esters is 2. The third-order valence-electron chi connectivity index (χ3n) is 18.3. The van der Waals surface area contributed by atoms with Crippen LogP contribution in [-0.4, -0.2) is 142 Å². The number of nitrogens with two attached hydrogens (primary N) is 1. The molecule has 0 unspecified atom stereocenters. The van der Waals surface area contributed by atoms with E-state index >= 15 is 4.39 Å². The number of para-hydroxylation sites is 5. The van der Waals surface area contributed by atoms with Gasteiger partial charge in [0.15, 0.2) is 23.1 Å². The van der Waals surface area contributed by atoms with Gasteiger partial charge < -0.3 is 74.3 Å². The summed E-state index contributed by atoms with van der Waals surface area (Å²) in [6, 6.07) is 62.9. The molecule has 29 nitrogen and oxygen atoms in total. The van der Waals surface area contributed by atoms with E-state index in [1.807, 2.05) is 211 Å². The van der Waals surface area contributed by atoms with Crippen LogP contribution in [0, 0.1) is 11.6 Å². The van der Waals surface area contributed by atoms with Crippen LogP contribution in [-0.2, 0) is 70.5 Å². The van der Waals surface area contributed by atoms with E-state index in [0.29, 0.717) is 28.9 Å². The van der Waals surface area contributed by atoms with Crippen molar-refractivity contribution in [1.29, 1.82) is 0 Å². The number of nitrogens with one attached hydrogen (secondary N) is 2. The normalized spacial score (nSPS) is 10.5. The fourth-order valence-corrected chi connectivity index (χ4v) is 14.7. The lowest BCUT2D eigenvalue weighted by atomic mass is 10.2. The van der Waals surface area contributed by atoms with E-state index in [-0.39, 0.29) is 72.4 Å². The highest BCUT2D eigenvalue weighted by Crippen LogP contribution is 2.42. The van der Waals surface area contributed by atoms with Crippen LogP contribution in [0.3, 0.4) is 0 Å². The van der Waals surface area contributed by atoms with Gasteiger partial charge in [-0.15, -0.1) is 22.7 Å². The van der Waals surface area contributed by atoms with Crippen molar-refractivity contribution in [2.24, 2.45) is 0 Å². The number of methoxy groups -OCH3 is 2. The predicted octanol–water partition coefficient (Wildman–Crippen LogP) is 20.2. The molecule has 13 rings (SSSR count). The highest BCUT2D eigenvalue weighted by Gasteiger charge is 2.27. The number of pyridine rings is 2. The first kappa shape index (κ1) is 104. The number of imidazole rings is 2. The average molecular weight is 1860 g/mol. The van der Waals surface area contributed by atoms with Crippen LogP contribution >= 0.6 is 34.3 Å². The number of carbonyl (C=O) groups excluding carboxylic acids is 8. The van der Waals surface area contributed by atoms with Crippen molar-refractivity contribution in [1.82, 2.24) is 29.1 Å². The van der Waals surface area contributed by atoms with Crippen molar-refractivity contribution < 1.29 is 85.9 Å². The first-order chi connectivity index (χ1) is 63.0. The van der Waals surface area contributed by atoms with Crippen molar-refractivity contribution in [3.63, 3.8) is 0 Å². The number of rotatable bonds is 29. The second-order valence-corrected chi connectivity index (χ2v) is 32.7. The van der Waals surface area contributed by atoms with E-state index in [1.165, 1.54) is 82.7 Å². The lowest BCUT2D eigenvalue weighted by Crippen LogP contribution is -2.38. The smallest absolute Gasteiger partial charge is 0.315 e. The van der Waals surface area contributed by atoms with Gasteiger partial charge >= 0.3 is 23.9 Å². The number of carbonyl (C=O) groups is 10. The van der Waals surface area contributed by atoms with Crippen molar-refractivity contribution in [2.75, 3.05) is 50.2 Å². The maximum Gasteiger partial charge on any atom is 0.315 e. The van der Waals surface area contributed by atoms with Crippen molar-refractivity contribution in [2.45, 2.75) is 158 Å². The van der Waals surface area contributed by atoms with Crippen molar-refractivity contribution in [3.05, 3.63) is 261 Å². The third kappa shape index (κ3) is 33.2. The molecule has 0 aliphatic heterocycles. The Morgan fingerprint density at radius 3 is 1.10 bits per heavy atom. The minimum absolute atomic E-state index is 0.00171. The Morgan fingerprint density at radius 1 is 0.432 bits per heavy atom. The number of nitrogens with zero attached hydrogens (tertiary/aromatic N) is 10. The number of anilines is 7. The Morgan fingerprint density at radius 2 is 0.780 bits per heavy atom. The molecular weight excluding hydrogens is 1750 g/mol. The fourth-order valence-electron chi connectivity index (χ4n) is 12.5. The zero-order valence-electron chi connectivity index (χ0n) is 75.6. The quantitative estimate of drug-likeness (QED) is 0.0126. The van der Waals surface area contributed by atoms with E-state index in [1.54, 1.807) is 77.3 Å². The number of fused-ring (bicyclic) bond motifs is 2. The Kier molecular flexibility index (Phi) is 41.8. The van der Waals surface area contributed by atoms with Gasteiger partial charge in [-0.3, -0.25) is 57.9 Å². The van der Waals surface area contributed by atoms with Gasteiger partial charge in [-0.25, -0.2) is 18.7 Å². The third-order valence-corrected chi connectivity index (χ3v) is 20.8. The molecule has 7 aromatic carbocycles. The largest absolute Gasteiger partial charge is 0.481 e. The molecule has 6 aromatic heterocycles. The van der Waals surface area contributed by atoms with E-state index in [2.05, 4.69) is 72.9 Å². The summed E-state index contributed by atoms with van der Waals surface area (Å²) in [5.41, 5.74) is 13.5. The lowest BCUT2D eigenvalue weighted by Gasteiger charge is -2.26. The van der Waals surface area contributed by atoms with E-state index in [9.17, 15) is 52.3 Å². The summed E-state index contributed by atoms with van der Waals surface area (Å²) in [5, 5.41) is 22.4. The number of halogens is 3. The average Bonchev–Trinajstić information content (AvgIpc) is 1.65. The zero-order chi connectivity index (χ0) is 96.7. The number of hydrogen-bond donors (Lipinski definition) is 5. The Hall–Kier alpha value is -14.6. The minimum atomic E-state index is -1.11. The summed E-state index contributed by atoms with van der Waals surface area (Å²) in [4.78, 5) is 139. The molecule has 132 heavy (non-hydrogen) atoms. The molecule has 694 valence electrons. The van der Waals surface area contributed by atoms with Gasteiger partial charge in [-0.05, 0) is 192 Å². The number of amides is 5. The Balaban J connectivity index is 0.000000225. The summed E-state index contributed by atoms with van der Waals surface area (Å²) < 4.78 is 55.0. The first-order valence-corrected chi connectivity index (χ1v) is 43.9. The fraction of sp³-hybridized carbons (Fsp3) is 0.265. The van der Waals surface area contributed by atoms with Gasteiger partial charge in [-0.2, -0.15) is 0 Å². The summed E-state index contributed by atoms with van der Waals surface area (Å²) in [6.07, 6.45) is 8.87. The SMILES string of the molecule is CC(C)N(C(=O)CC(=O)O)c1ccccc1.CC(C)N(C(=O)CC(=O)O)c1ccccc1.CC(C)Nc1ccccc1.CCn1cnc(-c2cc3nccc(Oc4ccc(N)cc4F)c3s2)c1.CCn1cnc(-c2cc3nccc(Oc4ccc(NC(=O)CC(=O)N(c5ccccc5)C(C)C)cc4F)c3s2)c1.COC(=O)CC(=O)Cl.COC(=O)CC(=O)N(c1ccccc1)C(C)C. The highest BCUT2D eigenvalue weighted by molar-refractivity contribution is 7.23. The van der Waals surface area contributed by atoms with Crippen LogP contribution in [0.4, 0.5) is 48.6 Å². The molecule has 6 N–H and O–H groups in total. The van der Waals surface area contributed by atoms with Crippen LogP contribution in [0.25, 0.3) is 41.6 Å². The summed E-state index contributed by atoms with van der Waals surface area (Å²) in [5.74, 6) is -5.25. The molecule has 6 heterocycles. The topological polar surface area (TPSA) is 373 Å². The number of nitrogen functional groups attached to an aromatic ring is 1. The number of hydrogen-bond acceptors (Lipinski definition) is 22. The van der Waals surface area contributed by atoms with Gasteiger partial charge in [0, 0.05) is 132 Å². The molecule has 0 aliphatic rings. The summed E-state index contributed by atoms with van der Waals surface area (Å²) in [7, 11) is 2.47. The van der Waals surface area contributed by atoms with Crippen molar-refractivity contribution in [3.8, 4) is 44.1 Å². The number of carboxylic acid groups (broad SMARTS) is 2. The molecule has 0 saturated heterocycles. The van der Waals surface area contributed by atoms with Crippen LogP contribution < -0.4 is 45.4 Å². The maximum absolute atomic E-state index is 15.0. The van der Waals surface area contributed by atoms with Gasteiger partial charge in [0.1, 0.15) is 43.6 Å². The molecule has 0 atom stereocenters. The number of aromatic nitrogens is 6. The lowest BCUT2D eigenvalue weighted by molar-refractivity contribution is -0.144. The monoisotopic (exact) mass is 1860 g/mol. The highest BCUT2D eigenvalue weighted by atomic mass is 35.5. The van der Waals surface area contributed by atoms with E-state index in [0.717, 1.165) is 71.7 Å². The zero-order valence-corrected chi connectivity index (χ0v) is 78.0. The molecule has 0 bridgehead atoms. The molecule has 0 saturated carbocycles. The maximum atomic E-state index is 15.0. The van der Waals surface area contributed by atoms with Gasteiger partial charge in [0.25, 0.3) is 0 Å². The molecule has 0 aliphatic carbocycles.